The lowest BCUT2D eigenvalue weighted by Gasteiger charge is -2.32. The van der Waals surface area contributed by atoms with Gasteiger partial charge in [-0.25, -0.2) is 9.67 Å². The van der Waals surface area contributed by atoms with Crippen molar-refractivity contribution in [1.82, 2.24) is 19.7 Å². The Morgan fingerprint density at radius 1 is 1.32 bits per heavy atom. The molecule has 0 aromatic carbocycles. The number of hydrogen-bond acceptors (Lipinski definition) is 5. The molecule has 0 atom stereocenters. The Morgan fingerprint density at radius 2 is 2.04 bits per heavy atom. The molecular weight excluding hydrogens is 401 g/mol. The van der Waals surface area contributed by atoms with E-state index in [1.165, 1.54) is 0 Å². The second kappa shape index (κ2) is 10.2. The minimum absolute atomic E-state index is 0. The predicted octanol–water partition coefficient (Wildman–Crippen LogP) is 2.93. The SMILES string of the molecule is Cc1cc(C)n(-c2ccc(Cl)c(C(=O)N3CCC(OCCCN)CC3)n2)n1.Cl. The standard InChI is InChI=1S/C19H26ClN5O2.ClH/c1-13-12-14(2)25(23-13)17-5-4-16(20)18(22-17)19(26)24-9-6-15(7-10-24)27-11-3-8-21;/h4-5,12,15H,3,6-11,21H2,1-2H3;1H. The third-order valence-electron chi connectivity index (χ3n) is 4.69. The van der Waals surface area contributed by atoms with Gasteiger partial charge in [-0.05, 0) is 57.9 Å². The zero-order chi connectivity index (χ0) is 19.4. The van der Waals surface area contributed by atoms with Gasteiger partial charge in [-0.1, -0.05) is 11.6 Å². The van der Waals surface area contributed by atoms with Crippen molar-refractivity contribution in [2.24, 2.45) is 5.73 Å². The normalized spacial score (nSPS) is 14.8. The van der Waals surface area contributed by atoms with Gasteiger partial charge in [0.25, 0.3) is 5.91 Å². The molecule has 154 valence electrons. The fraction of sp³-hybridized carbons (Fsp3) is 0.526. The van der Waals surface area contributed by atoms with Gasteiger partial charge in [-0.3, -0.25) is 4.79 Å². The molecule has 28 heavy (non-hydrogen) atoms. The predicted molar refractivity (Wildman–Crippen MR) is 112 cm³/mol. The molecule has 3 heterocycles. The molecule has 2 aromatic heterocycles. The molecule has 0 radical (unpaired) electrons. The maximum absolute atomic E-state index is 13.0. The highest BCUT2D eigenvalue weighted by Gasteiger charge is 2.26. The molecule has 1 amide bonds. The van der Waals surface area contributed by atoms with Crippen LogP contribution in [0.15, 0.2) is 18.2 Å². The molecular formula is C19H27Cl2N5O2. The summed E-state index contributed by atoms with van der Waals surface area (Å²) in [5, 5.41) is 4.78. The quantitative estimate of drug-likeness (QED) is 0.715. The average Bonchev–Trinajstić information content (AvgIpc) is 3.00. The number of rotatable bonds is 6. The van der Waals surface area contributed by atoms with Gasteiger partial charge in [-0.2, -0.15) is 5.10 Å². The van der Waals surface area contributed by atoms with Crippen molar-refractivity contribution < 1.29 is 9.53 Å². The van der Waals surface area contributed by atoms with Gasteiger partial charge in [0.1, 0.15) is 5.69 Å². The van der Waals surface area contributed by atoms with Crippen LogP contribution in [0.25, 0.3) is 5.82 Å². The molecule has 2 aromatic rings. The van der Waals surface area contributed by atoms with Crippen LogP contribution in [0.5, 0.6) is 0 Å². The highest BCUT2D eigenvalue weighted by molar-refractivity contribution is 6.33. The number of aromatic nitrogens is 3. The van der Waals surface area contributed by atoms with Crippen LogP contribution in [0.3, 0.4) is 0 Å². The number of ether oxygens (including phenoxy) is 1. The fourth-order valence-electron chi connectivity index (χ4n) is 3.27. The van der Waals surface area contributed by atoms with Crippen LogP contribution in [0.4, 0.5) is 0 Å². The van der Waals surface area contributed by atoms with E-state index in [0.29, 0.717) is 37.1 Å². The maximum Gasteiger partial charge on any atom is 0.274 e. The molecule has 3 rings (SSSR count). The van der Waals surface area contributed by atoms with E-state index in [-0.39, 0.29) is 30.1 Å². The Labute approximate surface area is 176 Å². The van der Waals surface area contributed by atoms with Gasteiger partial charge in [-0.15, -0.1) is 12.4 Å². The minimum Gasteiger partial charge on any atom is -0.378 e. The van der Waals surface area contributed by atoms with Crippen LogP contribution in [-0.4, -0.2) is 57.9 Å². The van der Waals surface area contributed by atoms with E-state index in [2.05, 4.69) is 10.1 Å². The third-order valence-corrected chi connectivity index (χ3v) is 5.00. The van der Waals surface area contributed by atoms with Crippen LogP contribution < -0.4 is 5.73 Å². The number of piperidine rings is 1. The van der Waals surface area contributed by atoms with E-state index in [9.17, 15) is 4.79 Å². The molecule has 2 N–H and O–H groups in total. The number of hydrogen-bond donors (Lipinski definition) is 1. The summed E-state index contributed by atoms with van der Waals surface area (Å²) in [5.41, 5.74) is 7.61. The molecule has 1 saturated heterocycles. The maximum atomic E-state index is 13.0. The summed E-state index contributed by atoms with van der Waals surface area (Å²) >= 11 is 6.28. The number of amides is 1. The summed E-state index contributed by atoms with van der Waals surface area (Å²) in [7, 11) is 0. The first-order valence-corrected chi connectivity index (χ1v) is 9.68. The van der Waals surface area contributed by atoms with E-state index in [1.54, 1.807) is 21.7 Å². The van der Waals surface area contributed by atoms with Crippen molar-refractivity contribution in [2.75, 3.05) is 26.2 Å². The Kier molecular flexibility index (Phi) is 8.24. The first kappa shape index (κ1) is 22.6. The highest BCUT2D eigenvalue weighted by Crippen LogP contribution is 2.22. The van der Waals surface area contributed by atoms with Crippen molar-refractivity contribution in [1.29, 1.82) is 0 Å². The summed E-state index contributed by atoms with van der Waals surface area (Å²) in [6.07, 6.45) is 2.67. The van der Waals surface area contributed by atoms with Crippen LogP contribution in [-0.2, 0) is 4.74 Å². The van der Waals surface area contributed by atoms with E-state index >= 15 is 0 Å². The lowest BCUT2D eigenvalue weighted by Crippen LogP contribution is -2.41. The lowest BCUT2D eigenvalue weighted by atomic mass is 10.1. The van der Waals surface area contributed by atoms with Crippen molar-refractivity contribution in [3.05, 3.63) is 40.3 Å². The molecule has 1 aliphatic rings. The molecule has 0 aliphatic carbocycles. The molecule has 0 unspecified atom stereocenters. The van der Waals surface area contributed by atoms with E-state index in [4.69, 9.17) is 22.1 Å². The Balaban J connectivity index is 0.00000280. The van der Waals surface area contributed by atoms with Crippen LogP contribution in [0.1, 0.15) is 41.1 Å². The van der Waals surface area contributed by atoms with Crippen molar-refractivity contribution >= 4 is 29.9 Å². The average molecular weight is 428 g/mol. The van der Waals surface area contributed by atoms with E-state index < -0.39 is 0 Å². The van der Waals surface area contributed by atoms with Gasteiger partial charge in [0, 0.05) is 25.4 Å². The number of carbonyl (C=O) groups excluding carboxylic acids is 1. The number of pyridine rings is 1. The Bertz CT molecular complexity index is 804. The Hall–Kier alpha value is -1.67. The van der Waals surface area contributed by atoms with Crippen LogP contribution in [0, 0.1) is 13.8 Å². The number of carbonyl (C=O) groups is 1. The number of nitrogens with zero attached hydrogens (tertiary/aromatic N) is 4. The zero-order valence-corrected chi connectivity index (χ0v) is 17.8. The summed E-state index contributed by atoms with van der Waals surface area (Å²) in [6, 6.07) is 5.44. The Morgan fingerprint density at radius 3 is 2.64 bits per heavy atom. The number of aryl methyl sites for hydroxylation is 2. The lowest BCUT2D eigenvalue weighted by molar-refractivity contribution is 0.00829. The molecule has 0 bridgehead atoms. The number of nitrogens with two attached hydrogens (primary N) is 1. The second-order valence-corrected chi connectivity index (χ2v) is 7.25. The number of halogens is 2. The third kappa shape index (κ3) is 5.23. The van der Waals surface area contributed by atoms with E-state index in [0.717, 1.165) is 30.7 Å². The molecule has 1 aliphatic heterocycles. The van der Waals surface area contributed by atoms with E-state index in [1.807, 2.05) is 19.9 Å². The van der Waals surface area contributed by atoms with Crippen LogP contribution in [0.2, 0.25) is 5.02 Å². The first-order valence-electron chi connectivity index (χ1n) is 9.30. The number of likely N-dealkylation sites (tertiary alicyclic amines) is 1. The van der Waals surface area contributed by atoms with Crippen molar-refractivity contribution in [3.63, 3.8) is 0 Å². The summed E-state index contributed by atoms with van der Waals surface area (Å²) in [4.78, 5) is 19.3. The van der Waals surface area contributed by atoms with Gasteiger partial charge in [0.15, 0.2) is 5.82 Å². The second-order valence-electron chi connectivity index (χ2n) is 6.84. The molecule has 0 spiro atoms. The highest BCUT2D eigenvalue weighted by atomic mass is 35.5. The smallest absolute Gasteiger partial charge is 0.274 e. The van der Waals surface area contributed by atoms with Gasteiger partial charge in [0.2, 0.25) is 0 Å². The zero-order valence-electron chi connectivity index (χ0n) is 16.2. The van der Waals surface area contributed by atoms with Gasteiger partial charge >= 0.3 is 0 Å². The molecule has 0 saturated carbocycles. The molecule has 9 heteroatoms. The summed E-state index contributed by atoms with van der Waals surface area (Å²) in [6.45, 7) is 6.45. The van der Waals surface area contributed by atoms with Gasteiger partial charge in [0.05, 0.1) is 16.8 Å². The first-order chi connectivity index (χ1) is 13.0. The van der Waals surface area contributed by atoms with Crippen LogP contribution >= 0.6 is 24.0 Å². The largest absolute Gasteiger partial charge is 0.378 e. The topological polar surface area (TPSA) is 86.3 Å². The summed E-state index contributed by atoms with van der Waals surface area (Å²) < 4.78 is 7.52. The van der Waals surface area contributed by atoms with Crippen molar-refractivity contribution in [3.8, 4) is 5.82 Å². The molecule has 7 nitrogen and oxygen atoms in total. The molecule has 1 fully saturated rings. The minimum atomic E-state index is -0.149. The monoisotopic (exact) mass is 427 g/mol. The van der Waals surface area contributed by atoms with Gasteiger partial charge < -0.3 is 15.4 Å². The fourth-order valence-corrected chi connectivity index (χ4v) is 3.46. The summed E-state index contributed by atoms with van der Waals surface area (Å²) in [5.74, 6) is 0.442. The van der Waals surface area contributed by atoms with Crippen molar-refractivity contribution in [2.45, 2.75) is 39.2 Å².